The third-order valence-corrected chi connectivity index (χ3v) is 0. The third kappa shape index (κ3) is 245. The Morgan fingerprint density at radius 3 is 1.00 bits per heavy atom. The van der Waals surface area contributed by atoms with Gasteiger partial charge in [-0.2, -0.15) is 14.1 Å². The molecular formula is C3H10Cl2FeNO. The van der Waals surface area contributed by atoms with E-state index in [1.807, 2.05) is 0 Å². The number of aliphatic hydroxyl groups is 1. The van der Waals surface area contributed by atoms with Gasteiger partial charge >= 0.3 is 17.1 Å². The van der Waals surface area contributed by atoms with Crippen molar-refractivity contribution in [3.05, 3.63) is 5.32 Å². The van der Waals surface area contributed by atoms with Crippen molar-refractivity contribution in [2.24, 2.45) is 0 Å². The van der Waals surface area contributed by atoms with Crippen LogP contribution in [0.3, 0.4) is 0 Å². The standard InChI is InChI=1S/C2H6N.CH4O.2ClH.Fe/c1-3-2;1-2;;;/h1-2H3;2H,1H3;2*1H;/q-1;;;;+3/p-2. The second-order valence-corrected chi connectivity index (χ2v) is 0.447. The number of aliphatic hydroxyl groups excluding tert-OH is 1. The Labute approximate surface area is 73.7 Å². The summed E-state index contributed by atoms with van der Waals surface area (Å²) in [6, 6.07) is 0. The molecule has 0 unspecified atom stereocenters. The summed E-state index contributed by atoms with van der Waals surface area (Å²) in [6.45, 7) is 0. The molecule has 0 spiro atoms. The van der Waals surface area contributed by atoms with E-state index in [2.05, 4.69) is 5.32 Å². The number of hydrogen-bond acceptors (Lipinski definition) is 1. The number of halogens is 2. The van der Waals surface area contributed by atoms with Crippen LogP contribution in [0.5, 0.6) is 0 Å². The van der Waals surface area contributed by atoms with Crippen molar-refractivity contribution >= 4 is 0 Å². The van der Waals surface area contributed by atoms with E-state index >= 15 is 0 Å². The van der Waals surface area contributed by atoms with Crippen LogP contribution in [0.4, 0.5) is 0 Å². The topological polar surface area (TPSA) is 34.3 Å². The summed E-state index contributed by atoms with van der Waals surface area (Å²) < 4.78 is 0. The molecule has 0 aromatic rings. The molecule has 0 fully saturated rings. The molecule has 0 saturated carbocycles. The first kappa shape index (κ1) is 35.9. The van der Waals surface area contributed by atoms with Crippen LogP contribution >= 0.6 is 0 Å². The summed E-state index contributed by atoms with van der Waals surface area (Å²) in [5.74, 6) is 0. The molecular weight excluding hydrogens is 193 g/mol. The Morgan fingerprint density at radius 1 is 1.00 bits per heavy atom. The van der Waals surface area contributed by atoms with E-state index in [-0.39, 0.29) is 41.9 Å². The molecule has 0 aliphatic carbocycles. The normalized spacial score (nSPS) is 3.00. The Bertz CT molecular complexity index is 17.2. The molecule has 1 N–H and O–H groups in total. The van der Waals surface area contributed by atoms with E-state index in [9.17, 15) is 0 Å². The van der Waals surface area contributed by atoms with Crippen molar-refractivity contribution in [3.63, 3.8) is 0 Å². The molecule has 0 aliphatic rings. The fourth-order valence-corrected chi connectivity index (χ4v) is 0. The summed E-state index contributed by atoms with van der Waals surface area (Å²) in [7, 11) is 4.50. The van der Waals surface area contributed by atoms with Gasteiger partial charge in [-0.05, 0) is 0 Å². The molecule has 0 atom stereocenters. The molecule has 1 radical (unpaired) electrons. The van der Waals surface area contributed by atoms with Gasteiger partial charge in [-0.25, -0.2) is 0 Å². The minimum Gasteiger partial charge on any atom is -1.00 e. The predicted octanol–water partition coefficient (Wildman–Crippen LogP) is -5.77. The summed E-state index contributed by atoms with van der Waals surface area (Å²) >= 11 is 0. The molecule has 55 valence electrons. The fourth-order valence-electron chi connectivity index (χ4n) is 0. The maximum absolute atomic E-state index is 7.00. The van der Waals surface area contributed by atoms with Gasteiger partial charge in [0.15, 0.2) is 0 Å². The molecule has 0 aromatic heterocycles. The van der Waals surface area contributed by atoms with Crippen molar-refractivity contribution in [1.82, 2.24) is 0 Å². The molecule has 2 nitrogen and oxygen atoms in total. The van der Waals surface area contributed by atoms with Crippen LogP contribution < -0.4 is 24.8 Å². The summed E-state index contributed by atoms with van der Waals surface area (Å²) in [5.41, 5.74) is 0. The zero-order valence-electron chi connectivity index (χ0n) is 5.00. The molecule has 0 rings (SSSR count). The van der Waals surface area contributed by atoms with Gasteiger partial charge in [-0.1, -0.05) is 0 Å². The van der Waals surface area contributed by atoms with Crippen LogP contribution in [-0.4, -0.2) is 26.3 Å². The Hall–Kier alpha value is 1.02. The van der Waals surface area contributed by atoms with E-state index in [0.29, 0.717) is 0 Å². The van der Waals surface area contributed by atoms with E-state index < -0.39 is 0 Å². The molecule has 8 heavy (non-hydrogen) atoms. The van der Waals surface area contributed by atoms with Gasteiger partial charge in [0.25, 0.3) is 0 Å². The number of rotatable bonds is 0. The average Bonchev–Trinajstić information content (AvgIpc) is 1.46. The summed E-state index contributed by atoms with van der Waals surface area (Å²) in [6.07, 6.45) is 0. The zero-order valence-corrected chi connectivity index (χ0v) is 7.62. The van der Waals surface area contributed by atoms with Crippen molar-refractivity contribution in [2.45, 2.75) is 0 Å². The maximum atomic E-state index is 7.00. The van der Waals surface area contributed by atoms with Gasteiger partial charge < -0.3 is 35.2 Å². The van der Waals surface area contributed by atoms with Gasteiger partial charge in [0.1, 0.15) is 0 Å². The van der Waals surface area contributed by atoms with Crippen LogP contribution in [0.1, 0.15) is 0 Å². The number of nitrogens with zero attached hydrogens (tertiary/aromatic N) is 1. The third-order valence-electron chi connectivity index (χ3n) is 0. The molecule has 0 heterocycles. The largest absolute Gasteiger partial charge is 3.00 e. The molecule has 0 bridgehead atoms. The van der Waals surface area contributed by atoms with Crippen LogP contribution in [0.25, 0.3) is 5.32 Å². The van der Waals surface area contributed by atoms with Gasteiger partial charge in [-0.15, -0.1) is 0 Å². The first-order valence-electron chi connectivity index (χ1n) is 1.34. The van der Waals surface area contributed by atoms with Gasteiger partial charge in [0.2, 0.25) is 0 Å². The predicted molar refractivity (Wildman–Crippen MR) is 23.3 cm³/mol. The average molecular weight is 203 g/mol. The fraction of sp³-hybridized carbons (Fsp3) is 1.00. The van der Waals surface area contributed by atoms with Crippen molar-refractivity contribution < 1.29 is 47.0 Å². The Kier molecular flexibility index (Phi) is 435. The van der Waals surface area contributed by atoms with Crippen molar-refractivity contribution in [1.29, 1.82) is 0 Å². The molecule has 0 aromatic carbocycles. The van der Waals surface area contributed by atoms with Crippen LogP contribution in [0.2, 0.25) is 0 Å². The molecule has 0 amide bonds. The molecule has 0 aliphatic heterocycles. The van der Waals surface area contributed by atoms with E-state index in [4.69, 9.17) is 5.11 Å². The Morgan fingerprint density at radius 2 is 1.00 bits per heavy atom. The maximum Gasteiger partial charge on any atom is 3.00 e. The minimum absolute atomic E-state index is 0. The van der Waals surface area contributed by atoms with Gasteiger partial charge in [0.05, 0.1) is 0 Å². The summed E-state index contributed by atoms with van der Waals surface area (Å²) in [5, 5.41) is 10.5. The smallest absolute Gasteiger partial charge is 1.00 e. The molecule has 5 heteroatoms. The monoisotopic (exact) mass is 202 g/mol. The second-order valence-electron chi connectivity index (χ2n) is 0.447. The minimum atomic E-state index is 0. The van der Waals surface area contributed by atoms with E-state index in [0.717, 1.165) is 7.11 Å². The van der Waals surface area contributed by atoms with Crippen LogP contribution in [-0.2, 0) is 17.1 Å². The van der Waals surface area contributed by atoms with E-state index in [1.54, 1.807) is 14.1 Å². The van der Waals surface area contributed by atoms with Crippen molar-refractivity contribution in [3.8, 4) is 0 Å². The SMILES string of the molecule is CO.C[N-]C.[Cl-].[Cl-].[Fe+3]. The molecule has 0 saturated heterocycles. The second kappa shape index (κ2) is 96.9. The summed E-state index contributed by atoms with van der Waals surface area (Å²) in [4.78, 5) is 0. The Balaban J connectivity index is -0.00000000567. The van der Waals surface area contributed by atoms with Crippen molar-refractivity contribution in [2.75, 3.05) is 21.2 Å². The van der Waals surface area contributed by atoms with Crippen LogP contribution in [0.15, 0.2) is 0 Å². The zero-order chi connectivity index (χ0) is 4.71. The van der Waals surface area contributed by atoms with Gasteiger partial charge in [0, 0.05) is 7.11 Å². The van der Waals surface area contributed by atoms with E-state index in [1.165, 1.54) is 0 Å². The number of hydrogen-bond donors (Lipinski definition) is 1. The van der Waals surface area contributed by atoms with Gasteiger partial charge in [-0.3, -0.25) is 0 Å². The first-order chi connectivity index (χ1) is 2.41. The quantitative estimate of drug-likeness (QED) is 0.391. The van der Waals surface area contributed by atoms with Crippen LogP contribution in [0, 0.1) is 0 Å². The first-order valence-corrected chi connectivity index (χ1v) is 1.34.